The molecule has 2 N–H and O–H groups in total. The van der Waals surface area contributed by atoms with E-state index in [4.69, 9.17) is 22.7 Å². The number of hydrogen-bond donors (Lipinski definition) is 1. The van der Waals surface area contributed by atoms with Crippen molar-refractivity contribution in [3.8, 4) is 5.75 Å². The van der Waals surface area contributed by atoms with Gasteiger partial charge in [-0.15, -0.1) is 0 Å². The molecular formula is C26H37N3OS. The highest BCUT2D eigenvalue weighted by Gasteiger charge is 2.14. The van der Waals surface area contributed by atoms with Crippen LogP contribution in [0.2, 0.25) is 0 Å². The van der Waals surface area contributed by atoms with Gasteiger partial charge in [0.05, 0.1) is 0 Å². The lowest BCUT2D eigenvalue weighted by Crippen LogP contribution is -2.19. The Kier molecular flexibility index (Phi) is 8.78. The van der Waals surface area contributed by atoms with Crippen LogP contribution in [0.25, 0.3) is 0 Å². The molecule has 0 radical (unpaired) electrons. The van der Waals surface area contributed by atoms with Crippen molar-refractivity contribution >= 4 is 23.2 Å². The first-order valence-corrected chi connectivity index (χ1v) is 11.4. The molecule has 0 bridgehead atoms. The fourth-order valence-electron chi connectivity index (χ4n) is 3.35. The molecule has 168 valence electrons. The Hall–Kier alpha value is -2.24. The van der Waals surface area contributed by atoms with E-state index in [1.165, 1.54) is 16.7 Å². The van der Waals surface area contributed by atoms with E-state index >= 15 is 0 Å². The Labute approximate surface area is 193 Å². The summed E-state index contributed by atoms with van der Waals surface area (Å²) in [5, 5.41) is 0.122. The van der Waals surface area contributed by atoms with E-state index in [9.17, 15) is 0 Å². The van der Waals surface area contributed by atoms with Crippen molar-refractivity contribution in [3.63, 3.8) is 0 Å². The van der Waals surface area contributed by atoms with E-state index in [1.807, 2.05) is 25.1 Å². The maximum atomic E-state index is 6.17. The summed E-state index contributed by atoms with van der Waals surface area (Å²) < 4.78 is 5.87. The molecule has 0 atom stereocenters. The van der Waals surface area contributed by atoms with Crippen LogP contribution in [0.3, 0.4) is 0 Å². The average Bonchev–Trinajstić information content (AvgIpc) is 2.70. The Morgan fingerprint density at radius 2 is 1.74 bits per heavy atom. The van der Waals surface area contributed by atoms with Crippen molar-refractivity contribution in [1.82, 2.24) is 4.90 Å². The Morgan fingerprint density at radius 1 is 1.10 bits per heavy atom. The van der Waals surface area contributed by atoms with Crippen molar-refractivity contribution in [3.05, 3.63) is 64.2 Å². The summed E-state index contributed by atoms with van der Waals surface area (Å²) in [6, 6.07) is 12.3. The van der Waals surface area contributed by atoms with Gasteiger partial charge in [0.2, 0.25) is 0 Å². The highest BCUT2D eigenvalue weighted by Crippen LogP contribution is 2.25. The lowest BCUT2D eigenvalue weighted by Gasteiger charge is -2.19. The van der Waals surface area contributed by atoms with Gasteiger partial charge >= 0.3 is 0 Å². The molecule has 0 aliphatic carbocycles. The minimum absolute atomic E-state index is 0.0936. The fourth-order valence-corrected chi connectivity index (χ4v) is 3.54. The molecule has 0 aliphatic heterocycles. The molecule has 5 heteroatoms. The maximum Gasteiger partial charge on any atom is 0.290 e. The van der Waals surface area contributed by atoms with Crippen LogP contribution in [0.5, 0.6) is 5.75 Å². The zero-order valence-electron chi connectivity index (χ0n) is 20.1. The molecule has 31 heavy (non-hydrogen) atoms. The van der Waals surface area contributed by atoms with Crippen LogP contribution in [0.1, 0.15) is 61.9 Å². The van der Waals surface area contributed by atoms with E-state index in [2.05, 4.69) is 69.8 Å². The van der Waals surface area contributed by atoms with Gasteiger partial charge in [-0.1, -0.05) is 58.0 Å². The van der Waals surface area contributed by atoms with E-state index in [1.54, 1.807) is 0 Å². The average molecular weight is 440 g/mol. The number of nitrogens with zero attached hydrogens (tertiary/aromatic N) is 2. The second-order valence-corrected chi connectivity index (χ2v) is 9.59. The molecule has 0 saturated heterocycles. The van der Waals surface area contributed by atoms with Gasteiger partial charge in [0, 0.05) is 5.56 Å². The van der Waals surface area contributed by atoms with E-state index in [0.29, 0.717) is 5.84 Å². The SMILES string of the molecule is CCN(C)CCCc1cc(C)c(OC(=S)N=C(N)c2ccc(C(C)(C)C)cc2)cc1C. The predicted octanol–water partition coefficient (Wildman–Crippen LogP) is 5.55. The molecule has 0 aromatic heterocycles. The van der Waals surface area contributed by atoms with Crippen LogP contribution in [-0.2, 0) is 11.8 Å². The van der Waals surface area contributed by atoms with Crippen molar-refractivity contribution < 1.29 is 4.74 Å². The number of aliphatic imine (C=N–C) groups is 1. The molecule has 0 saturated carbocycles. The number of hydrogen-bond acceptors (Lipinski definition) is 3. The molecule has 0 unspecified atom stereocenters. The minimum atomic E-state index is 0.0936. The van der Waals surface area contributed by atoms with Gasteiger partial charge in [-0.05, 0) is 92.8 Å². The molecule has 4 nitrogen and oxygen atoms in total. The topological polar surface area (TPSA) is 50.8 Å². The van der Waals surface area contributed by atoms with Crippen LogP contribution in [0.4, 0.5) is 0 Å². The second-order valence-electron chi connectivity index (χ2n) is 9.24. The van der Waals surface area contributed by atoms with Crippen LogP contribution in [0, 0.1) is 13.8 Å². The number of rotatable bonds is 7. The van der Waals surface area contributed by atoms with Gasteiger partial charge in [-0.3, -0.25) is 0 Å². The monoisotopic (exact) mass is 439 g/mol. The summed E-state index contributed by atoms with van der Waals surface area (Å²) in [5.41, 5.74) is 11.9. The van der Waals surface area contributed by atoms with Gasteiger partial charge in [0.15, 0.2) is 0 Å². The van der Waals surface area contributed by atoms with Crippen LogP contribution < -0.4 is 10.5 Å². The molecule has 2 rings (SSSR count). The second kappa shape index (κ2) is 10.9. The third-order valence-corrected chi connectivity index (χ3v) is 5.79. The first kappa shape index (κ1) is 25.0. The molecule has 0 amide bonds. The molecule has 0 aliphatic rings. The number of nitrogens with two attached hydrogens (primary N) is 1. The number of benzene rings is 2. The molecule has 0 heterocycles. The smallest absolute Gasteiger partial charge is 0.290 e. The summed E-state index contributed by atoms with van der Waals surface area (Å²) in [6.45, 7) is 15.1. The molecule has 0 fully saturated rings. The van der Waals surface area contributed by atoms with Crippen molar-refractivity contribution in [2.24, 2.45) is 10.7 Å². The highest BCUT2D eigenvalue weighted by atomic mass is 32.1. The lowest BCUT2D eigenvalue weighted by molar-refractivity contribution is 0.347. The predicted molar refractivity (Wildman–Crippen MR) is 137 cm³/mol. The van der Waals surface area contributed by atoms with Gasteiger partial charge in [-0.25, -0.2) is 0 Å². The zero-order chi connectivity index (χ0) is 23.2. The quantitative estimate of drug-likeness (QED) is 0.349. The maximum absolute atomic E-state index is 6.17. The number of ether oxygens (including phenoxy) is 1. The Balaban J connectivity index is 2.06. The van der Waals surface area contributed by atoms with Crippen LogP contribution in [0.15, 0.2) is 41.4 Å². The molecular weight excluding hydrogens is 402 g/mol. The third-order valence-electron chi connectivity index (χ3n) is 5.61. The summed E-state index contributed by atoms with van der Waals surface area (Å²) in [5.74, 6) is 1.09. The number of thiocarbonyl (C=S) groups is 1. The summed E-state index contributed by atoms with van der Waals surface area (Å²) in [6.07, 6.45) is 2.19. The van der Waals surface area contributed by atoms with E-state index in [0.717, 1.165) is 42.8 Å². The summed E-state index contributed by atoms with van der Waals surface area (Å²) in [4.78, 5) is 6.63. The summed E-state index contributed by atoms with van der Waals surface area (Å²) >= 11 is 5.35. The third kappa shape index (κ3) is 7.44. The first-order chi connectivity index (χ1) is 14.5. The summed E-state index contributed by atoms with van der Waals surface area (Å²) in [7, 11) is 2.15. The molecule has 2 aromatic rings. The van der Waals surface area contributed by atoms with Gasteiger partial charge in [0.1, 0.15) is 11.6 Å². The van der Waals surface area contributed by atoms with E-state index < -0.39 is 0 Å². The van der Waals surface area contributed by atoms with Crippen molar-refractivity contribution in [1.29, 1.82) is 0 Å². The molecule has 2 aromatic carbocycles. The highest BCUT2D eigenvalue weighted by molar-refractivity contribution is 7.80. The van der Waals surface area contributed by atoms with Crippen LogP contribution in [-0.4, -0.2) is 36.0 Å². The zero-order valence-corrected chi connectivity index (χ0v) is 20.9. The normalized spacial score (nSPS) is 12.3. The van der Waals surface area contributed by atoms with Gasteiger partial charge < -0.3 is 15.4 Å². The largest absolute Gasteiger partial charge is 0.430 e. The van der Waals surface area contributed by atoms with Gasteiger partial charge in [0.25, 0.3) is 5.17 Å². The van der Waals surface area contributed by atoms with Crippen LogP contribution >= 0.6 is 12.2 Å². The lowest BCUT2D eigenvalue weighted by atomic mass is 9.87. The van der Waals surface area contributed by atoms with Crippen molar-refractivity contribution in [2.45, 2.75) is 59.8 Å². The standard InChI is InChI=1S/C26H37N3OS/c1-8-29(7)15-9-10-21-16-19(3)23(17-18(21)2)30-25(31)28-24(27)20-11-13-22(14-12-20)26(4,5)6/h11-14,16-17H,8-10,15H2,1-7H3,(H2,27,28,31). The molecule has 0 spiro atoms. The fraction of sp³-hybridized carbons (Fsp3) is 0.462. The number of aryl methyl sites for hydroxylation is 3. The Bertz CT molecular complexity index is 927. The van der Waals surface area contributed by atoms with E-state index in [-0.39, 0.29) is 10.6 Å². The number of amidine groups is 1. The Morgan fingerprint density at radius 3 is 2.32 bits per heavy atom. The minimum Gasteiger partial charge on any atom is -0.430 e. The first-order valence-electron chi connectivity index (χ1n) is 11.0. The van der Waals surface area contributed by atoms with Crippen molar-refractivity contribution in [2.75, 3.05) is 20.1 Å². The van der Waals surface area contributed by atoms with Gasteiger partial charge in [-0.2, -0.15) is 4.99 Å².